The van der Waals surface area contributed by atoms with Gasteiger partial charge >= 0.3 is 0 Å². The Hall–Kier alpha value is -2.73. The van der Waals surface area contributed by atoms with Gasteiger partial charge in [0.05, 0.1) is 6.10 Å². The second-order valence-electron chi connectivity index (χ2n) is 6.83. The van der Waals surface area contributed by atoms with Gasteiger partial charge in [-0.25, -0.2) is 0 Å². The highest BCUT2D eigenvalue weighted by atomic mass is 16.3. The van der Waals surface area contributed by atoms with Crippen molar-refractivity contribution >= 4 is 11.8 Å². The largest absolute Gasteiger partial charge is 0.391 e. The minimum Gasteiger partial charge on any atom is -0.391 e. The smallest absolute Gasteiger partial charge is 0.270 e. The summed E-state index contributed by atoms with van der Waals surface area (Å²) in [4.78, 5) is 28.8. The van der Waals surface area contributed by atoms with Crippen LogP contribution in [0.2, 0.25) is 0 Å². The van der Waals surface area contributed by atoms with E-state index in [0.29, 0.717) is 12.3 Å². The molecule has 2 aromatic rings. The van der Waals surface area contributed by atoms with Gasteiger partial charge in [-0.1, -0.05) is 50.2 Å². The number of pyridine rings is 1. The Balaban J connectivity index is 2.01. The number of aromatic nitrogens is 1. The molecule has 1 heterocycles. The number of amides is 2. The van der Waals surface area contributed by atoms with E-state index in [1.54, 1.807) is 24.9 Å². The van der Waals surface area contributed by atoms with Gasteiger partial charge < -0.3 is 15.7 Å². The van der Waals surface area contributed by atoms with Crippen molar-refractivity contribution in [3.8, 4) is 11.1 Å². The van der Waals surface area contributed by atoms with Crippen LogP contribution in [-0.2, 0) is 4.79 Å². The Kier molecular flexibility index (Phi) is 7.49. The van der Waals surface area contributed by atoms with Crippen molar-refractivity contribution in [3.63, 3.8) is 0 Å². The summed E-state index contributed by atoms with van der Waals surface area (Å²) in [7, 11) is 0. The third-order valence-electron chi connectivity index (χ3n) is 3.99. The summed E-state index contributed by atoms with van der Waals surface area (Å²) >= 11 is 0. The first-order chi connectivity index (χ1) is 12.9. The van der Waals surface area contributed by atoms with E-state index in [9.17, 15) is 14.7 Å². The predicted octanol–water partition coefficient (Wildman–Crippen LogP) is 2.55. The van der Waals surface area contributed by atoms with E-state index in [4.69, 9.17) is 0 Å². The van der Waals surface area contributed by atoms with Crippen molar-refractivity contribution in [2.24, 2.45) is 5.92 Å². The average Bonchev–Trinajstić information content (AvgIpc) is 2.66. The van der Waals surface area contributed by atoms with Crippen molar-refractivity contribution < 1.29 is 14.7 Å². The van der Waals surface area contributed by atoms with E-state index >= 15 is 0 Å². The minimum absolute atomic E-state index is 0.180. The van der Waals surface area contributed by atoms with Gasteiger partial charge in [-0.15, -0.1) is 0 Å². The highest BCUT2D eigenvalue weighted by Crippen LogP contribution is 2.17. The maximum absolute atomic E-state index is 12.4. The number of rotatable bonds is 8. The summed E-state index contributed by atoms with van der Waals surface area (Å²) in [5.74, 6) is -0.573. The molecule has 143 valence electrons. The van der Waals surface area contributed by atoms with Crippen LogP contribution in [0.5, 0.6) is 0 Å². The highest BCUT2D eigenvalue weighted by Gasteiger charge is 2.26. The fourth-order valence-corrected chi connectivity index (χ4v) is 2.43. The second-order valence-corrected chi connectivity index (χ2v) is 6.83. The molecule has 0 bridgehead atoms. The van der Waals surface area contributed by atoms with E-state index in [-0.39, 0.29) is 5.69 Å². The SMILES string of the molecule is CC(C)C[CH]NC(=O)[C@@H](NC(=O)c1ccc(-c2ccccc2)cn1)[C@@H](C)O. The van der Waals surface area contributed by atoms with E-state index < -0.39 is 24.0 Å². The molecule has 6 nitrogen and oxygen atoms in total. The normalized spacial score (nSPS) is 13.1. The van der Waals surface area contributed by atoms with Crippen LogP contribution in [0, 0.1) is 12.5 Å². The standard InChI is InChI=1S/C21H26N3O3/c1-14(2)11-12-22-21(27)19(15(3)25)24-20(26)18-10-9-17(13-23-18)16-7-5-4-6-8-16/h4-10,12-15,19,25H,11H2,1-3H3,(H,22,27)(H,24,26)/t15-,19+/m1/s1. The number of hydrogen-bond donors (Lipinski definition) is 3. The van der Waals surface area contributed by atoms with Gasteiger partial charge in [0.15, 0.2) is 0 Å². The molecule has 1 aromatic heterocycles. The van der Waals surface area contributed by atoms with Crippen LogP contribution < -0.4 is 10.6 Å². The zero-order valence-corrected chi connectivity index (χ0v) is 15.8. The molecule has 2 amide bonds. The average molecular weight is 368 g/mol. The first-order valence-electron chi connectivity index (χ1n) is 9.01. The lowest BCUT2D eigenvalue weighted by Crippen LogP contribution is -2.52. The molecule has 0 unspecified atom stereocenters. The van der Waals surface area contributed by atoms with Crippen LogP contribution in [-0.4, -0.2) is 34.1 Å². The Morgan fingerprint density at radius 3 is 2.33 bits per heavy atom. The molecule has 2 atom stereocenters. The Labute approximate surface area is 160 Å². The van der Waals surface area contributed by atoms with Crippen LogP contribution in [0.3, 0.4) is 0 Å². The van der Waals surface area contributed by atoms with Crippen molar-refractivity contribution in [2.75, 3.05) is 0 Å². The molecule has 2 rings (SSSR count). The Morgan fingerprint density at radius 2 is 1.78 bits per heavy atom. The number of aliphatic hydroxyl groups is 1. The molecule has 0 saturated carbocycles. The first-order valence-corrected chi connectivity index (χ1v) is 9.01. The van der Waals surface area contributed by atoms with E-state index in [0.717, 1.165) is 11.1 Å². The molecular weight excluding hydrogens is 342 g/mol. The Morgan fingerprint density at radius 1 is 1.07 bits per heavy atom. The second kappa shape index (κ2) is 9.83. The summed E-state index contributed by atoms with van der Waals surface area (Å²) in [5, 5.41) is 15.0. The summed E-state index contributed by atoms with van der Waals surface area (Å²) in [5.41, 5.74) is 2.07. The van der Waals surface area contributed by atoms with Crippen molar-refractivity contribution in [2.45, 2.75) is 39.3 Å². The van der Waals surface area contributed by atoms with Crippen molar-refractivity contribution in [1.29, 1.82) is 0 Å². The van der Waals surface area contributed by atoms with Gasteiger partial charge in [0.2, 0.25) is 5.91 Å². The third kappa shape index (κ3) is 6.18. The minimum atomic E-state index is -1.06. The lowest BCUT2D eigenvalue weighted by molar-refractivity contribution is -0.124. The molecule has 3 N–H and O–H groups in total. The summed E-state index contributed by atoms with van der Waals surface area (Å²) in [6.07, 6.45) is 1.28. The van der Waals surface area contributed by atoms with Crippen molar-refractivity contribution in [1.82, 2.24) is 15.6 Å². The first kappa shape index (κ1) is 20.6. The number of nitrogens with one attached hydrogen (secondary N) is 2. The van der Waals surface area contributed by atoms with E-state index in [1.807, 2.05) is 44.2 Å². The lowest BCUT2D eigenvalue weighted by Gasteiger charge is -2.20. The van der Waals surface area contributed by atoms with Gasteiger partial charge in [-0.3, -0.25) is 14.6 Å². The van der Waals surface area contributed by atoms with Gasteiger partial charge in [-0.05, 0) is 30.9 Å². The van der Waals surface area contributed by atoms with Crippen LogP contribution in [0.1, 0.15) is 37.7 Å². The highest BCUT2D eigenvalue weighted by molar-refractivity contribution is 5.96. The summed E-state index contributed by atoms with van der Waals surface area (Å²) in [6, 6.07) is 12.0. The maximum Gasteiger partial charge on any atom is 0.270 e. The molecule has 0 aliphatic rings. The number of benzene rings is 1. The molecular formula is C21H26N3O3. The van der Waals surface area contributed by atoms with Gasteiger partial charge in [0.25, 0.3) is 5.91 Å². The zero-order chi connectivity index (χ0) is 19.8. The topological polar surface area (TPSA) is 91.3 Å². The van der Waals surface area contributed by atoms with E-state index in [1.165, 1.54) is 6.92 Å². The molecule has 0 spiro atoms. The molecule has 1 radical (unpaired) electrons. The number of carbonyl (C=O) groups is 2. The van der Waals surface area contributed by atoms with Gasteiger partial charge in [0.1, 0.15) is 11.7 Å². The van der Waals surface area contributed by atoms with Crippen molar-refractivity contribution in [3.05, 3.63) is 60.9 Å². The molecule has 0 aliphatic heterocycles. The molecule has 27 heavy (non-hydrogen) atoms. The predicted molar refractivity (Wildman–Crippen MR) is 105 cm³/mol. The molecule has 0 saturated heterocycles. The molecule has 6 heteroatoms. The Bertz CT molecular complexity index is 743. The number of nitrogens with zero attached hydrogens (tertiary/aromatic N) is 1. The van der Waals surface area contributed by atoms with Crippen LogP contribution in [0.15, 0.2) is 48.7 Å². The monoisotopic (exact) mass is 368 g/mol. The fraction of sp³-hybridized carbons (Fsp3) is 0.333. The number of aliphatic hydroxyl groups excluding tert-OH is 1. The van der Waals surface area contributed by atoms with E-state index in [2.05, 4.69) is 15.6 Å². The molecule has 0 aliphatic carbocycles. The summed E-state index contributed by atoms with van der Waals surface area (Å²) in [6.45, 7) is 7.16. The number of hydrogen-bond acceptors (Lipinski definition) is 4. The lowest BCUT2D eigenvalue weighted by atomic mass is 10.1. The van der Waals surface area contributed by atoms with Crippen LogP contribution in [0.25, 0.3) is 11.1 Å². The quantitative estimate of drug-likeness (QED) is 0.668. The summed E-state index contributed by atoms with van der Waals surface area (Å²) < 4.78 is 0. The maximum atomic E-state index is 12.4. The molecule has 1 aromatic carbocycles. The number of carbonyl (C=O) groups excluding carboxylic acids is 2. The van der Waals surface area contributed by atoms with Crippen LogP contribution in [0.4, 0.5) is 0 Å². The third-order valence-corrected chi connectivity index (χ3v) is 3.99. The molecule has 0 fully saturated rings. The van der Waals surface area contributed by atoms with Crippen LogP contribution >= 0.6 is 0 Å². The zero-order valence-electron chi connectivity index (χ0n) is 15.8. The van der Waals surface area contributed by atoms with Gasteiger partial charge in [-0.2, -0.15) is 0 Å². The fourth-order valence-electron chi connectivity index (χ4n) is 2.43. The van der Waals surface area contributed by atoms with Gasteiger partial charge in [0, 0.05) is 18.3 Å².